The van der Waals surface area contributed by atoms with Gasteiger partial charge in [0.2, 0.25) is 11.8 Å². The number of amides is 1. The Balaban J connectivity index is 1.96. The van der Waals surface area contributed by atoms with Gasteiger partial charge >= 0.3 is 0 Å². The van der Waals surface area contributed by atoms with Crippen LogP contribution in [-0.4, -0.2) is 23.2 Å². The highest BCUT2D eigenvalue weighted by atomic mass is 35.5. The largest absolute Gasteiger partial charge is 0.497 e. The highest BCUT2D eigenvalue weighted by molar-refractivity contribution is 6.16. The first kappa shape index (κ1) is 13.4. The highest BCUT2D eigenvalue weighted by Crippen LogP contribution is 2.16. The van der Waals surface area contributed by atoms with E-state index in [1.807, 2.05) is 0 Å². The molecule has 0 saturated carbocycles. The number of aromatic nitrogens is 2. The van der Waals surface area contributed by atoms with Gasteiger partial charge in [0.05, 0.1) is 13.5 Å². The van der Waals surface area contributed by atoms with E-state index in [2.05, 4.69) is 15.5 Å². The molecule has 1 aromatic heterocycles. The summed E-state index contributed by atoms with van der Waals surface area (Å²) >= 11 is 5.53. The minimum Gasteiger partial charge on any atom is -0.497 e. The van der Waals surface area contributed by atoms with Crippen molar-refractivity contribution in [2.24, 2.45) is 0 Å². The van der Waals surface area contributed by atoms with Crippen LogP contribution in [0.3, 0.4) is 0 Å². The smallest absolute Gasteiger partial charge is 0.241 e. The quantitative estimate of drug-likeness (QED) is 0.848. The van der Waals surface area contributed by atoms with Crippen molar-refractivity contribution in [3.8, 4) is 5.75 Å². The molecule has 6 nitrogen and oxygen atoms in total. The van der Waals surface area contributed by atoms with Crippen molar-refractivity contribution in [3.63, 3.8) is 0 Å². The highest BCUT2D eigenvalue weighted by Gasteiger charge is 2.10. The predicted octanol–water partition coefficient (Wildman–Crippen LogP) is 2.00. The molecular formula is C12H12ClN3O3. The molecule has 0 fully saturated rings. The first-order valence-corrected chi connectivity index (χ1v) is 6.06. The monoisotopic (exact) mass is 281 g/mol. The number of methoxy groups -OCH3 is 1. The molecule has 0 aliphatic carbocycles. The lowest BCUT2D eigenvalue weighted by atomic mass is 10.3. The lowest BCUT2D eigenvalue weighted by Gasteiger charge is -2.05. The molecule has 0 atom stereocenters. The van der Waals surface area contributed by atoms with Crippen molar-refractivity contribution in [2.75, 3.05) is 12.4 Å². The first-order chi connectivity index (χ1) is 9.21. The Morgan fingerprint density at radius 2 is 2.37 bits per heavy atom. The third kappa shape index (κ3) is 3.69. The zero-order chi connectivity index (χ0) is 13.7. The summed E-state index contributed by atoms with van der Waals surface area (Å²) in [6.07, 6.45) is 0.0254. The van der Waals surface area contributed by atoms with Crippen LogP contribution in [-0.2, 0) is 17.1 Å². The van der Waals surface area contributed by atoms with Gasteiger partial charge in [0, 0.05) is 11.8 Å². The number of hydrogen-bond acceptors (Lipinski definition) is 5. The molecular weight excluding hydrogens is 270 g/mol. The van der Waals surface area contributed by atoms with Gasteiger partial charge < -0.3 is 14.6 Å². The molecule has 0 radical (unpaired) electrons. The van der Waals surface area contributed by atoms with Gasteiger partial charge in [-0.1, -0.05) is 11.2 Å². The van der Waals surface area contributed by atoms with Gasteiger partial charge in [0.15, 0.2) is 5.82 Å². The molecule has 1 N–H and O–H groups in total. The molecule has 0 spiro atoms. The summed E-state index contributed by atoms with van der Waals surface area (Å²) < 4.78 is 9.88. The number of nitrogens with one attached hydrogen (secondary N) is 1. The van der Waals surface area contributed by atoms with E-state index in [1.54, 1.807) is 31.4 Å². The second-order valence-corrected chi connectivity index (χ2v) is 3.96. The number of hydrogen-bond donors (Lipinski definition) is 1. The average molecular weight is 282 g/mol. The minimum absolute atomic E-state index is 0.0254. The van der Waals surface area contributed by atoms with Crippen LogP contribution in [0.5, 0.6) is 5.75 Å². The number of nitrogens with zero attached hydrogens (tertiary/aromatic N) is 2. The fourth-order valence-corrected chi connectivity index (χ4v) is 1.57. The molecule has 7 heteroatoms. The standard InChI is InChI=1S/C12H12ClN3O3/c1-18-9-4-2-3-8(5-9)14-11(17)6-10-15-12(7-13)19-16-10/h2-5H,6-7H2,1H3,(H,14,17). The van der Waals surface area contributed by atoms with Crippen LogP contribution < -0.4 is 10.1 Å². The van der Waals surface area contributed by atoms with E-state index in [4.69, 9.17) is 20.9 Å². The van der Waals surface area contributed by atoms with Crippen LogP contribution in [0.2, 0.25) is 0 Å². The number of alkyl halides is 1. The molecule has 0 saturated heterocycles. The third-order valence-electron chi connectivity index (χ3n) is 2.30. The molecule has 0 bridgehead atoms. The summed E-state index contributed by atoms with van der Waals surface area (Å²) in [4.78, 5) is 15.7. The predicted molar refractivity (Wildman–Crippen MR) is 69.2 cm³/mol. The maximum Gasteiger partial charge on any atom is 0.241 e. The van der Waals surface area contributed by atoms with E-state index in [1.165, 1.54) is 0 Å². The van der Waals surface area contributed by atoms with Gasteiger partial charge in [-0.2, -0.15) is 4.98 Å². The third-order valence-corrected chi connectivity index (χ3v) is 2.53. The summed E-state index contributed by atoms with van der Waals surface area (Å²) in [5.74, 6) is 1.16. The Bertz CT molecular complexity index is 571. The molecule has 19 heavy (non-hydrogen) atoms. The number of ether oxygens (including phenoxy) is 1. The number of anilines is 1. The molecule has 0 aliphatic rings. The molecule has 100 valence electrons. The topological polar surface area (TPSA) is 77.2 Å². The normalized spacial score (nSPS) is 10.2. The lowest BCUT2D eigenvalue weighted by molar-refractivity contribution is -0.115. The van der Waals surface area contributed by atoms with Crippen molar-refractivity contribution < 1.29 is 14.1 Å². The molecule has 0 aliphatic heterocycles. The van der Waals surface area contributed by atoms with Crippen LogP contribution in [0, 0.1) is 0 Å². The Kier molecular flexibility index (Phi) is 4.35. The molecule has 2 rings (SSSR count). The summed E-state index contributed by atoms with van der Waals surface area (Å²) in [5.41, 5.74) is 0.644. The van der Waals surface area contributed by atoms with E-state index in [0.717, 1.165) is 0 Å². The van der Waals surface area contributed by atoms with Gasteiger partial charge in [-0.25, -0.2) is 0 Å². The van der Waals surface area contributed by atoms with Crippen molar-refractivity contribution >= 4 is 23.2 Å². The van der Waals surface area contributed by atoms with Gasteiger partial charge in [0.25, 0.3) is 0 Å². The van der Waals surface area contributed by atoms with Crippen molar-refractivity contribution in [3.05, 3.63) is 36.0 Å². The SMILES string of the molecule is COc1cccc(NC(=O)Cc2noc(CCl)n2)c1. The fourth-order valence-electron chi connectivity index (χ4n) is 1.47. The van der Waals surface area contributed by atoms with E-state index in [-0.39, 0.29) is 18.2 Å². The maximum atomic E-state index is 11.8. The van der Waals surface area contributed by atoms with Gasteiger partial charge in [-0.15, -0.1) is 11.6 Å². The minimum atomic E-state index is -0.241. The Morgan fingerprint density at radius 1 is 1.53 bits per heavy atom. The number of carbonyl (C=O) groups excluding carboxylic acids is 1. The van der Waals surface area contributed by atoms with Gasteiger partial charge in [0.1, 0.15) is 11.6 Å². The molecule has 1 aromatic carbocycles. The molecule has 1 amide bonds. The summed E-state index contributed by atoms with van der Waals surface area (Å²) in [7, 11) is 1.56. The number of carbonyl (C=O) groups is 1. The molecule has 2 aromatic rings. The number of benzene rings is 1. The zero-order valence-electron chi connectivity index (χ0n) is 10.2. The second kappa shape index (κ2) is 6.19. The Morgan fingerprint density at radius 3 is 3.05 bits per heavy atom. The van der Waals surface area contributed by atoms with Crippen molar-refractivity contribution in [1.82, 2.24) is 10.1 Å². The van der Waals surface area contributed by atoms with E-state index >= 15 is 0 Å². The molecule has 1 heterocycles. The van der Waals surface area contributed by atoms with Crippen molar-refractivity contribution in [1.29, 1.82) is 0 Å². The fraction of sp³-hybridized carbons (Fsp3) is 0.250. The summed E-state index contributed by atoms with van der Waals surface area (Å²) in [6, 6.07) is 7.06. The van der Waals surface area contributed by atoms with Gasteiger partial charge in [-0.3, -0.25) is 4.79 Å². The first-order valence-electron chi connectivity index (χ1n) is 5.52. The summed E-state index contributed by atoms with van der Waals surface area (Å²) in [5, 5.41) is 6.37. The zero-order valence-corrected chi connectivity index (χ0v) is 11.0. The van der Waals surface area contributed by atoms with E-state index in [0.29, 0.717) is 23.2 Å². The Labute approximate surface area is 114 Å². The van der Waals surface area contributed by atoms with Crippen molar-refractivity contribution in [2.45, 2.75) is 12.3 Å². The lowest BCUT2D eigenvalue weighted by Crippen LogP contribution is -2.15. The van der Waals surface area contributed by atoms with Gasteiger partial charge in [-0.05, 0) is 12.1 Å². The van der Waals surface area contributed by atoms with Crippen LogP contribution in [0.15, 0.2) is 28.8 Å². The van der Waals surface area contributed by atoms with Crippen LogP contribution in [0.1, 0.15) is 11.7 Å². The number of rotatable bonds is 5. The van der Waals surface area contributed by atoms with E-state index in [9.17, 15) is 4.79 Å². The van der Waals surface area contributed by atoms with Crippen LogP contribution in [0.4, 0.5) is 5.69 Å². The number of halogens is 1. The second-order valence-electron chi connectivity index (χ2n) is 3.69. The average Bonchev–Trinajstić information content (AvgIpc) is 2.86. The Hall–Kier alpha value is -2.08. The maximum absolute atomic E-state index is 11.8. The van der Waals surface area contributed by atoms with Crippen LogP contribution in [0.25, 0.3) is 0 Å². The molecule has 0 unspecified atom stereocenters. The van der Waals surface area contributed by atoms with E-state index < -0.39 is 0 Å². The van der Waals surface area contributed by atoms with Crippen LogP contribution >= 0.6 is 11.6 Å². The summed E-state index contributed by atoms with van der Waals surface area (Å²) in [6.45, 7) is 0.